The van der Waals surface area contributed by atoms with Gasteiger partial charge in [0.1, 0.15) is 12.4 Å². The second kappa shape index (κ2) is 14.5. The van der Waals surface area contributed by atoms with Gasteiger partial charge in [-0.1, -0.05) is 48.5 Å². The monoisotopic (exact) mass is 612 g/mol. The maximum atomic E-state index is 13.9. The lowest BCUT2D eigenvalue weighted by atomic mass is 9.99. The van der Waals surface area contributed by atoms with E-state index >= 15 is 0 Å². The number of halogens is 1. The Kier molecular flexibility index (Phi) is 10.5. The highest BCUT2D eigenvalue weighted by molar-refractivity contribution is 5.90. The van der Waals surface area contributed by atoms with E-state index in [0.717, 1.165) is 42.6 Å². The lowest BCUT2D eigenvalue weighted by Gasteiger charge is -2.32. The first-order valence-corrected chi connectivity index (χ1v) is 13.9. The molecule has 10 nitrogen and oxygen atoms in total. The Morgan fingerprint density at radius 2 is 1.70 bits per heavy atom. The third-order valence-electron chi connectivity index (χ3n) is 7.44. The molecule has 11 heteroatoms. The number of hydrogen-bond acceptors (Lipinski definition) is 8. The molecule has 0 bridgehead atoms. The number of nitrogens with zero attached hydrogens (tertiary/aromatic N) is 4. The summed E-state index contributed by atoms with van der Waals surface area (Å²) in [5, 5.41) is 17.9. The summed E-state index contributed by atoms with van der Waals surface area (Å²) >= 11 is 0. The molecule has 5 rings (SSSR count). The predicted molar refractivity (Wildman–Crippen MR) is 171 cm³/mol. The first-order chi connectivity index (χ1) is 20.9. The van der Waals surface area contributed by atoms with E-state index in [0.29, 0.717) is 40.7 Å². The molecule has 4 N–H and O–H groups in total. The number of aromatic nitrogens is 2. The number of amides is 1. The van der Waals surface area contributed by atoms with Crippen molar-refractivity contribution in [3.05, 3.63) is 106 Å². The van der Waals surface area contributed by atoms with Crippen LogP contribution in [0.25, 0.3) is 28.5 Å². The second-order valence-corrected chi connectivity index (χ2v) is 10.4. The van der Waals surface area contributed by atoms with Gasteiger partial charge in [-0.05, 0) is 59.9 Å². The van der Waals surface area contributed by atoms with E-state index in [1.807, 2.05) is 60.7 Å². The molecular weight excluding hydrogens is 580 g/mol. The van der Waals surface area contributed by atoms with E-state index in [1.54, 1.807) is 35.3 Å². The number of benzene rings is 3. The number of anilines is 1. The molecular formula is C33H33ClN6O4. The number of nitrogens with two attached hydrogens (primary N) is 1. The number of piperidine rings is 1. The van der Waals surface area contributed by atoms with Gasteiger partial charge in [-0.25, -0.2) is 10.5 Å². The Hall–Kier alpha value is -4.95. The highest BCUT2D eigenvalue weighted by Gasteiger charge is 2.24. The van der Waals surface area contributed by atoms with Crippen molar-refractivity contribution in [2.45, 2.75) is 25.5 Å². The molecule has 0 saturated carbocycles. The smallest absolute Gasteiger partial charge is 0.267 e. The Morgan fingerprint density at radius 3 is 2.32 bits per heavy atom. The summed E-state index contributed by atoms with van der Waals surface area (Å²) in [6.07, 6.45) is 4.49. The lowest BCUT2D eigenvalue weighted by Crippen LogP contribution is -2.42. The molecule has 0 radical (unpaired) electrons. The number of nitrogens with one attached hydrogen (secondary N) is 1. The summed E-state index contributed by atoms with van der Waals surface area (Å²) in [4.78, 5) is 32.2. The van der Waals surface area contributed by atoms with E-state index in [2.05, 4.69) is 11.0 Å². The minimum Gasteiger partial charge on any atom is -0.489 e. The summed E-state index contributed by atoms with van der Waals surface area (Å²) in [5.41, 5.74) is 12.2. The van der Waals surface area contributed by atoms with Gasteiger partial charge >= 0.3 is 0 Å². The van der Waals surface area contributed by atoms with Crippen molar-refractivity contribution in [3.63, 3.8) is 0 Å². The number of carbonyl (C=O) groups excluding carboxylic acids is 1. The van der Waals surface area contributed by atoms with Crippen molar-refractivity contribution in [3.8, 4) is 34.2 Å². The van der Waals surface area contributed by atoms with E-state index < -0.39 is 5.91 Å². The highest BCUT2D eigenvalue weighted by Crippen LogP contribution is 2.31. The number of hydrogen-bond donors (Lipinski definition) is 3. The Labute approximate surface area is 261 Å². The molecule has 1 aliphatic heterocycles. The van der Waals surface area contributed by atoms with Gasteiger partial charge in [0, 0.05) is 37.8 Å². The SMILES string of the molecule is Cl.Cn1c(N2CCC(N)CC2)nc(-c2ccc(C#N)cc2)c(-c2ccc(OCc3ccc(/C=C/C(=O)NO)cc3)cc2)c1=O. The van der Waals surface area contributed by atoms with Crippen LogP contribution >= 0.6 is 12.4 Å². The molecule has 44 heavy (non-hydrogen) atoms. The van der Waals surface area contributed by atoms with Crippen molar-refractivity contribution in [2.24, 2.45) is 12.8 Å². The van der Waals surface area contributed by atoms with Crippen LogP contribution in [0.15, 0.2) is 83.7 Å². The molecule has 4 aromatic rings. The molecule has 0 unspecified atom stereocenters. The van der Waals surface area contributed by atoms with Gasteiger partial charge in [0.15, 0.2) is 0 Å². The van der Waals surface area contributed by atoms with Crippen molar-refractivity contribution in [2.75, 3.05) is 18.0 Å². The van der Waals surface area contributed by atoms with Gasteiger partial charge < -0.3 is 15.4 Å². The van der Waals surface area contributed by atoms with Gasteiger partial charge in [-0.3, -0.25) is 19.4 Å². The average Bonchev–Trinajstić information content (AvgIpc) is 3.05. The standard InChI is InChI=1S/C33H32N6O4.ClH/c1-38-32(41)30(31(26-9-6-23(20-34)7-10-26)36-33(38)39-18-16-27(35)17-19-39)25-11-13-28(14-12-25)43-21-24-4-2-22(3-5-24)8-15-29(40)37-42;/h2-15,27,42H,16-19,21,35H2,1H3,(H,37,40);1H/b15-8+;. The summed E-state index contributed by atoms with van der Waals surface area (Å²) in [5.74, 6) is 0.633. The van der Waals surface area contributed by atoms with Crippen LogP contribution in [0.5, 0.6) is 5.75 Å². The molecule has 0 atom stereocenters. The Morgan fingerprint density at radius 1 is 1.07 bits per heavy atom. The molecule has 1 fully saturated rings. The van der Waals surface area contributed by atoms with Gasteiger partial charge in [0.2, 0.25) is 5.95 Å². The van der Waals surface area contributed by atoms with Gasteiger partial charge in [-0.2, -0.15) is 5.26 Å². The van der Waals surface area contributed by atoms with Crippen LogP contribution in [0, 0.1) is 11.3 Å². The third kappa shape index (κ3) is 7.33. The highest BCUT2D eigenvalue weighted by atomic mass is 35.5. The zero-order valence-electron chi connectivity index (χ0n) is 24.1. The number of carbonyl (C=O) groups is 1. The van der Waals surface area contributed by atoms with Gasteiger partial charge in [-0.15, -0.1) is 12.4 Å². The number of hydroxylamine groups is 1. The summed E-state index contributed by atoms with van der Waals surface area (Å²) in [7, 11) is 1.74. The van der Waals surface area contributed by atoms with E-state index in [1.165, 1.54) is 6.08 Å². The van der Waals surface area contributed by atoms with Crippen LogP contribution in [0.1, 0.15) is 29.5 Å². The van der Waals surface area contributed by atoms with Crippen molar-refractivity contribution >= 4 is 30.3 Å². The van der Waals surface area contributed by atoms with Crippen molar-refractivity contribution in [1.82, 2.24) is 15.0 Å². The predicted octanol–water partition coefficient (Wildman–Crippen LogP) is 4.43. The molecule has 1 aromatic heterocycles. The van der Waals surface area contributed by atoms with Crippen molar-refractivity contribution < 1.29 is 14.7 Å². The maximum absolute atomic E-state index is 13.9. The molecule has 2 heterocycles. The number of ether oxygens (including phenoxy) is 1. The first kappa shape index (κ1) is 32.0. The fraction of sp³-hybridized carbons (Fsp3) is 0.212. The van der Waals surface area contributed by atoms with Crippen LogP contribution in [0.4, 0.5) is 5.95 Å². The van der Waals surface area contributed by atoms with Crippen LogP contribution in [0.3, 0.4) is 0 Å². The largest absolute Gasteiger partial charge is 0.489 e. The molecule has 226 valence electrons. The van der Waals surface area contributed by atoms with Crippen LogP contribution in [-0.4, -0.2) is 39.8 Å². The van der Waals surface area contributed by atoms with Gasteiger partial charge in [0.25, 0.3) is 11.5 Å². The quantitative estimate of drug-likeness (QED) is 0.150. The first-order valence-electron chi connectivity index (χ1n) is 13.9. The molecule has 1 amide bonds. The average molecular weight is 613 g/mol. The number of nitriles is 1. The minimum atomic E-state index is -0.600. The van der Waals surface area contributed by atoms with Crippen LogP contribution in [0.2, 0.25) is 0 Å². The summed E-state index contributed by atoms with van der Waals surface area (Å²) in [6, 6.07) is 24.2. The zero-order chi connectivity index (χ0) is 30.3. The fourth-order valence-corrected chi connectivity index (χ4v) is 4.96. The summed E-state index contributed by atoms with van der Waals surface area (Å²) in [6.45, 7) is 1.77. The third-order valence-corrected chi connectivity index (χ3v) is 7.44. The second-order valence-electron chi connectivity index (χ2n) is 10.4. The van der Waals surface area contributed by atoms with Crippen molar-refractivity contribution in [1.29, 1.82) is 5.26 Å². The maximum Gasteiger partial charge on any atom is 0.267 e. The molecule has 0 spiro atoms. The molecule has 3 aromatic carbocycles. The Bertz CT molecular complexity index is 1720. The molecule has 1 saturated heterocycles. The van der Waals surface area contributed by atoms with Crippen LogP contribution in [-0.2, 0) is 18.4 Å². The van der Waals surface area contributed by atoms with Gasteiger partial charge in [0.05, 0.1) is 22.9 Å². The van der Waals surface area contributed by atoms with E-state index in [-0.39, 0.29) is 24.0 Å². The molecule has 0 aliphatic carbocycles. The van der Waals surface area contributed by atoms with E-state index in [4.69, 9.17) is 20.7 Å². The minimum absolute atomic E-state index is 0. The summed E-state index contributed by atoms with van der Waals surface area (Å²) < 4.78 is 7.57. The lowest BCUT2D eigenvalue weighted by molar-refractivity contribution is -0.124. The van der Waals surface area contributed by atoms with E-state index in [9.17, 15) is 14.9 Å². The normalized spacial score (nSPS) is 13.3. The zero-order valence-corrected chi connectivity index (χ0v) is 25.0. The molecule has 1 aliphatic rings. The number of rotatable bonds is 8. The Balaban J connectivity index is 0.00000442. The van der Waals surface area contributed by atoms with Crippen LogP contribution < -0.4 is 26.4 Å². The topological polar surface area (TPSA) is 146 Å². The fourth-order valence-electron chi connectivity index (χ4n) is 4.96.